The maximum absolute atomic E-state index is 13.3. The molecule has 0 aliphatic heterocycles. The molecule has 0 spiro atoms. The van der Waals surface area contributed by atoms with Crippen LogP contribution in [0.1, 0.15) is 19.6 Å². The molecule has 0 N–H and O–H groups in total. The number of rotatable bonds is 2. The van der Waals surface area contributed by atoms with E-state index in [1.165, 1.54) is 13.8 Å². The first-order valence-electron chi connectivity index (χ1n) is 3.74. The van der Waals surface area contributed by atoms with E-state index in [9.17, 15) is 4.39 Å². The molecular formula is C8H14FNOS. The SMILES string of the molecule is C[SH](C)c1cc(C(C)(C)F)on1. The van der Waals surface area contributed by atoms with Crippen LogP contribution in [0.3, 0.4) is 0 Å². The molecule has 4 heteroatoms. The Morgan fingerprint density at radius 2 is 2.08 bits per heavy atom. The first kappa shape index (κ1) is 9.58. The molecule has 0 aliphatic carbocycles. The van der Waals surface area contributed by atoms with Gasteiger partial charge in [0.1, 0.15) is 5.03 Å². The molecule has 0 bridgehead atoms. The molecule has 0 atom stereocenters. The lowest BCUT2D eigenvalue weighted by molar-refractivity contribution is 0.162. The predicted octanol–water partition coefficient (Wildman–Crippen LogP) is 2.50. The van der Waals surface area contributed by atoms with Gasteiger partial charge in [-0.1, -0.05) is 5.16 Å². The molecule has 12 heavy (non-hydrogen) atoms. The molecule has 0 fully saturated rings. The van der Waals surface area contributed by atoms with E-state index in [0.717, 1.165) is 5.03 Å². The molecule has 0 aromatic carbocycles. The van der Waals surface area contributed by atoms with Crippen LogP contribution in [0.25, 0.3) is 0 Å². The van der Waals surface area contributed by atoms with Crippen LogP contribution >= 0.6 is 10.9 Å². The van der Waals surface area contributed by atoms with Gasteiger partial charge >= 0.3 is 0 Å². The van der Waals surface area contributed by atoms with Crippen molar-refractivity contribution in [2.45, 2.75) is 24.5 Å². The van der Waals surface area contributed by atoms with E-state index in [1.54, 1.807) is 6.07 Å². The first-order valence-corrected chi connectivity index (χ1v) is 5.98. The minimum atomic E-state index is -1.42. The van der Waals surface area contributed by atoms with Crippen molar-refractivity contribution in [1.29, 1.82) is 0 Å². The first-order chi connectivity index (χ1) is 5.41. The molecule has 0 radical (unpaired) electrons. The van der Waals surface area contributed by atoms with Gasteiger partial charge in [0.05, 0.1) is 0 Å². The van der Waals surface area contributed by atoms with Crippen LogP contribution in [0.2, 0.25) is 0 Å². The van der Waals surface area contributed by atoms with E-state index in [4.69, 9.17) is 4.52 Å². The van der Waals surface area contributed by atoms with Crippen LogP contribution in [-0.2, 0) is 5.67 Å². The number of halogens is 1. The lowest BCUT2D eigenvalue weighted by Crippen LogP contribution is -2.06. The quantitative estimate of drug-likeness (QED) is 0.727. The smallest absolute Gasteiger partial charge is 0.174 e. The van der Waals surface area contributed by atoms with Crippen molar-refractivity contribution in [3.8, 4) is 0 Å². The number of aromatic nitrogens is 1. The molecule has 70 valence electrons. The zero-order valence-electron chi connectivity index (χ0n) is 7.76. The third kappa shape index (κ3) is 2.00. The number of thiol groups is 1. The zero-order chi connectivity index (χ0) is 9.35. The second-order valence-corrected chi connectivity index (χ2v) is 5.66. The molecule has 1 aromatic heterocycles. The van der Waals surface area contributed by atoms with Crippen LogP contribution in [0.15, 0.2) is 15.6 Å². The Bertz CT molecular complexity index is 264. The Balaban J connectivity index is 2.92. The number of nitrogens with zero attached hydrogens (tertiary/aromatic N) is 1. The van der Waals surface area contributed by atoms with Crippen molar-refractivity contribution in [1.82, 2.24) is 5.16 Å². The van der Waals surface area contributed by atoms with Crippen molar-refractivity contribution in [2.75, 3.05) is 12.5 Å². The predicted molar refractivity (Wildman–Crippen MR) is 49.7 cm³/mol. The molecular weight excluding hydrogens is 177 g/mol. The van der Waals surface area contributed by atoms with Crippen molar-refractivity contribution in [2.24, 2.45) is 0 Å². The Labute approximate surface area is 74.5 Å². The fourth-order valence-electron chi connectivity index (χ4n) is 0.757. The van der Waals surface area contributed by atoms with Crippen molar-refractivity contribution < 1.29 is 8.91 Å². The van der Waals surface area contributed by atoms with Crippen LogP contribution in [0, 0.1) is 0 Å². The molecule has 0 aliphatic rings. The highest BCUT2D eigenvalue weighted by Crippen LogP contribution is 2.32. The molecule has 0 saturated heterocycles. The maximum Gasteiger partial charge on any atom is 0.174 e. The minimum Gasteiger partial charge on any atom is -0.357 e. The van der Waals surface area contributed by atoms with Gasteiger partial charge in [0, 0.05) is 6.07 Å². The molecule has 1 rings (SSSR count). The summed E-state index contributed by atoms with van der Waals surface area (Å²) >= 11 is 0. The summed E-state index contributed by atoms with van der Waals surface area (Å²) in [5.41, 5.74) is -1.42. The summed E-state index contributed by atoms with van der Waals surface area (Å²) in [6.07, 6.45) is 4.12. The van der Waals surface area contributed by atoms with Crippen LogP contribution in [0.4, 0.5) is 4.39 Å². The summed E-state index contributed by atoms with van der Waals surface area (Å²) in [5.74, 6) is 0.314. The second kappa shape index (κ2) is 3.09. The topological polar surface area (TPSA) is 26.0 Å². The maximum atomic E-state index is 13.3. The van der Waals surface area contributed by atoms with E-state index in [1.807, 2.05) is 0 Å². The standard InChI is InChI=1S/C8H14FNOS/c1-8(2,9)6-5-7(10-11-6)12(3)4/h5,12H,1-4H3. The molecule has 0 amide bonds. The number of hydrogen-bond acceptors (Lipinski definition) is 2. The highest BCUT2D eigenvalue weighted by Gasteiger charge is 2.24. The lowest BCUT2D eigenvalue weighted by Gasteiger charge is -2.07. The van der Waals surface area contributed by atoms with Crippen molar-refractivity contribution in [3.05, 3.63) is 11.8 Å². The van der Waals surface area contributed by atoms with E-state index >= 15 is 0 Å². The third-order valence-electron chi connectivity index (χ3n) is 1.54. The summed E-state index contributed by atoms with van der Waals surface area (Å²) in [7, 11) is -0.293. The van der Waals surface area contributed by atoms with Gasteiger partial charge in [0.25, 0.3) is 0 Å². The van der Waals surface area contributed by atoms with Crippen molar-refractivity contribution in [3.63, 3.8) is 0 Å². The Kier molecular flexibility index (Phi) is 2.46. The number of hydrogen-bond donors (Lipinski definition) is 1. The monoisotopic (exact) mass is 191 g/mol. The zero-order valence-corrected chi connectivity index (χ0v) is 8.65. The van der Waals surface area contributed by atoms with Gasteiger partial charge in [-0.05, 0) is 26.4 Å². The Morgan fingerprint density at radius 1 is 1.50 bits per heavy atom. The average molecular weight is 191 g/mol. The van der Waals surface area contributed by atoms with Gasteiger partial charge in [0.15, 0.2) is 11.4 Å². The van der Waals surface area contributed by atoms with Crippen LogP contribution < -0.4 is 0 Å². The van der Waals surface area contributed by atoms with Crippen LogP contribution in [-0.4, -0.2) is 17.7 Å². The summed E-state index contributed by atoms with van der Waals surface area (Å²) in [6, 6.07) is 1.70. The molecule has 0 saturated carbocycles. The van der Waals surface area contributed by atoms with Gasteiger partial charge in [0.2, 0.25) is 0 Å². The summed E-state index contributed by atoms with van der Waals surface area (Å²) in [4.78, 5) is 0. The molecule has 1 aromatic rings. The van der Waals surface area contributed by atoms with Crippen molar-refractivity contribution >= 4 is 10.9 Å². The number of alkyl halides is 1. The molecule has 1 heterocycles. The van der Waals surface area contributed by atoms with Gasteiger partial charge in [-0.15, -0.1) is 0 Å². The highest BCUT2D eigenvalue weighted by atomic mass is 32.2. The molecule has 2 nitrogen and oxygen atoms in total. The highest BCUT2D eigenvalue weighted by molar-refractivity contribution is 8.15. The van der Waals surface area contributed by atoms with Gasteiger partial charge < -0.3 is 4.52 Å². The van der Waals surface area contributed by atoms with Gasteiger partial charge in [-0.3, -0.25) is 0 Å². The average Bonchev–Trinajstić information content (AvgIpc) is 2.30. The van der Waals surface area contributed by atoms with Gasteiger partial charge in [-0.25, -0.2) is 15.3 Å². The third-order valence-corrected chi connectivity index (χ3v) is 2.67. The molecule has 0 unspecified atom stereocenters. The summed E-state index contributed by atoms with van der Waals surface area (Å²) < 4.78 is 18.2. The fourth-order valence-corrected chi connectivity index (χ4v) is 1.34. The van der Waals surface area contributed by atoms with E-state index in [0.29, 0.717) is 5.76 Å². The normalized spacial score (nSPS) is 13.2. The largest absolute Gasteiger partial charge is 0.357 e. The van der Waals surface area contributed by atoms with E-state index < -0.39 is 5.67 Å². The van der Waals surface area contributed by atoms with E-state index in [-0.39, 0.29) is 10.9 Å². The minimum absolute atomic E-state index is 0.293. The lowest BCUT2D eigenvalue weighted by atomic mass is 10.1. The Hall–Kier alpha value is -0.510. The summed E-state index contributed by atoms with van der Waals surface area (Å²) in [5, 5.41) is 4.66. The van der Waals surface area contributed by atoms with E-state index in [2.05, 4.69) is 17.7 Å². The fraction of sp³-hybridized carbons (Fsp3) is 0.625. The van der Waals surface area contributed by atoms with Gasteiger partial charge in [-0.2, -0.15) is 0 Å². The van der Waals surface area contributed by atoms with Crippen LogP contribution in [0.5, 0.6) is 0 Å². The second-order valence-electron chi connectivity index (χ2n) is 3.42. The Morgan fingerprint density at radius 3 is 2.33 bits per heavy atom. The summed E-state index contributed by atoms with van der Waals surface area (Å²) in [6.45, 7) is 2.93.